The predicted molar refractivity (Wildman–Crippen MR) is 73.1 cm³/mol. The van der Waals surface area contributed by atoms with Gasteiger partial charge in [0.05, 0.1) is 6.61 Å². The number of esters is 1. The van der Waals surface area contributed by atoms with E-state index in [4.69, 9.17) is 4.74 Å². The normalized spacial score (nSPS) is 13.8. The number of carboxylic acids is 1. The van der Waals surface area contributed by atoms with Crippen LogP contribution in [0, 0.1) is 5.41 Å². The van der Waals surface area contributed by atoms with Crippen molar-refractivity contribution in [1.29, 1.82) is 0 Å². The lowest BCUT2D eigenvalue weighted by atomic mass is 9.79. The van der Waals surface area contributed by atoms with Crippen LogP contribution in [0.3, 0.4) is 0 Å². The SMILES string of the molecule is CCCC(CCc1nccn1C)(C(=O)O)C(=O)OCC. The second kappa shape index (κ2) is 7.07. The summed E-state index contributed by atoms with van der Waals surface area (Å²) in [5.74, 6) is -1.01. The molecule has 0 amide bonds. The summed E-state index contributed by atoms with van der Waals surface area (Å²) in [4.78, 5) is 27.9. The van der Waals surface area contributed by atoms with Crippen LogP contribution in [0.4, 0.5) is 0 Å². The largest absolute Gasteiger partial charge is 0.480 e. The Balaban J connectivity index is 2.94. The van der Waals surface area contributed by atoms with Gasteiger partial charge in [-0.1, -0.05) is 13.3 Å². The minimum atomic E-state index is -1.48. The lowest BCUT2D eigenvalue weighted by molar-refractivity contribution is -0.170. The molecule has 1 unspecified atom stereocenters. The Kier molecular flexibility index (Phi) is 5.73. The maximum Gasteiger partial charge on any atom is 0.323 e. The molecule has 20 heavy (non-hydrogen) atoms. The zero-order chi connectivity index (χ0) is 15.2. The number of carbonyl (C=O) groups excluding carboxylic acids is 1. The van der Waals surface area contributed by atoms with Crippen molar-refractivity contribution in [2.75, 3.05) is 6.61 Å². The van der Waals surface area contributed by atoms with Gasteiger partial charge in [0.25, 0.3) is 0 Å². The number of carbonyl (C=O) groups is 2. The van der Waals surface area contributed by atoms with Gasteiger partial charge in [-0.05, 0) is 19.8 Å². The molecule has 0 spiro atoms. The summed E-state index contributed by atoms with van der Waals surface area (Å²) in [5.41, 5.74) is -1.48. The minimum Gasteiger partial charge on any atom is -0.480 e. The first kappa shape index (κ1) is 16.2. The first-order valence-electron chi connectivity index (χ1n) is 6.84. The van der Waals surface area contributed by atoms with Crippen LogP contribution < -0.4 is 0 Å². The molecule has 0 saturated heterocycles. The second-order valence-electron chi connectivity index (χ2n) is 4.81. The van der Waals surface area contributed by atoms with Crippen LogP contribution in [-0.4, -0.2) is 33.2 Å². The number of hydrogen-bond acceptors (Lipinski definition) is 4. The van der Waals surface area contributed by atoms with Crippen molar-refractivity contribution in [1.82, 2.24) is 9.55 Å². The summed E-state index contributed by atoms with van der Waals surface area (Å²) in [6, 6.07) is 0. The summed E-state index contributed by atoms with van der Waals surface area (Å²) >= 11 is 0. The van der Waals surface area contributed by atoms with Crippen molar-refractivity contribution < 1.29 is 19.4 Å². The number of rotatable bonds is 8. The Bertz CT molecular complexity index is 469. The van der Waals surface area contributed by atoms with E-state index in [-0.39, 0.29) is 19.4 Å². The third kappa shape index (κ3) is 3.37. The fourth-order valence-electron chi connectivity index (χ4n) is 2.29. The Morgan fingerprint density at radius 2 is 2.10 bits per heavy atom. The quantitative estimate of drug-likeness (QED) is 0.580. The number of imidazole rings is 1. The average molecular weight is 282 g/mol. The van der Waals surface area contributed by atoms with Crippen LogP contribution in [0.15, 0.2) is 12.4 Å². The highest BCUT2D eigenvalue weighted by Crippen LogP contribution is 2.32. The zero-order valence-corrected chi connectivity index (χ0v) is 12.3. The number of ether oxygens (including phenoxy) is 1. The average Bonchev–Trinajstić information content (AvgIpc) is 2.80. The smallest absolute Gasteiger partial charge is 0.323 e. The molecule has 0 aliphatic carbocycles. The van der Waals surface area contributed by atoms with Gasteiger partial charge in [0.1, 0.15) is 5.82 Å². The van der Waals surface area contributed by atoms with E-state index in [0.717, 1.165) is 5.82 Å². The maximum absolute atomic E-state index is 12.1. The van der Waals surface area contributed by atoms with Crippen molar-refractivity contribution in [2.24, 2.45) is 12.5 Å². The van der Waals surface area contributed by atoms with Crippen molar-refractivity contribution in [3.63, 3.8) is 0 Å². The highest BCUT2D eigenvalue weighted by molar-refractivity contribution is 5.99. The number of aryl methyl sites for hydroxylation is 2. The molecule has 1 N–H and O–H groups in total. The molecule has 0 aromatic carbocycles. The Labute approximate surface area is 118 Å². The molecule has 0 bridgehead atoms. The first-order chi connectivity index (χ1) is 9.47. The van der Waals surface area contributed by atoms with Crippen molar-refractivity contribution in [3.05, 3.63) is 18.2 Å². The molecule has 0 aliphatic rings. The summed E-state index contributed by atoms with van der Waals surface area (Å²) in [5, 5.41) is 9.52. The van der Waals surface area contributed by atoms with E-state index in [1.807, 2.05) is 18.5 Å². The lowest BCUT2D eigenvalue weighted by Crippen LogP contribution is -2.41. The maximum atomic E-state index is 12.1. The summed E-state index contributed by atoms with van der Waals surface area (Å²) in [6.07, 6.45) is 4.94. The monoisotopic (exact) mass is 282 g/mol. The molecule has 6 heteroatoms. The van der Waals surface area contributed by atoms with Gasteiger partial charge in [-0.25, -0.2) is 4.98 Å². The second-order valence-corrected chi connectivity index (χ2v) is 4.81. The van der Waals surface area contributed by atoms with Gasteiger partial charge in [-0.15, -0.1) is 0 Å². The van der Waals surface area contributed by atoms with Gasteiger partial charge in [-0.3, -0.25) is 9.59 Å². The standard InChI is InChI=1S/C14H22N2O4/c1-4-7-14(12(17)18,13(19)20-5-2)8-6-11-15-9-10-16(11)3/h9-10H,4-8H2,1-3H3,(H,17,18). The number of aliphatic carboxylic acids is 1. The molecule has 0 radical (unpaired) electrons. The van der Waals surface area contributed by atoms with E-state index in [2.05, 4.69) is 4.98 Å². The fourth-order valence-corrected chi connectivity index (χ4v) is 2.29. The summed E-state index contributed by atoms with van der Waals surface area (Å²) in [6.45, 7) is 3.72. The summed E-state index contributed by atoms with van der Waals surface area (Å²) < 4.78 is 6.80. The van der Waals surface area contributed by atoms with E-state index in [9.17, 15) is 14.7 Å². The highest BCUT2D eigenvalue weighted by atomic mass is 16.5. The van der Waals surface area contributed by atoms with E-state index >= 15 is 0 Å². The zero-order valence-electron chi connectivity index (χ0n) is 12.3. The van der Waals surface area contributed by atoms with Crippen LogP contribution in [0.25, 0.3) is 0 Å². The minimum absolute atomic E-state index is 0.181. The van der Waals surface area contributed by atoms with Crippen molar-refractivity contribution in [3.8, 4) is 0 Å². The third-order valence-electron chi connectivity index (χ3n) is 3.45. The van der Waals surface area contributed by atoms with Crippen molar-refractivity contribution in [2.45, 2.75) is 39.5 Å². The van der Waals surface area contributed by atoms with Gasteiger partial charge < -0.3 is 14.4 Å². The van der Waals surface area contributed by atoms with Crippen LogP contribution in [-0.2, 0) is 27.8 Å². The molecule has 6 nitrogen and oxygen atoms in total. The van der Waals surface area contributed by atoms with Gasteiger partial charge in [-0.2, -0.15) is 0 Å². The van der Waals surface area contributed by atoms with Crippen LogP contribution in [0.5, 0.6) is 0 Å². The molecule has 0 aliphatic heterocycles. The predicted octanol–water partition coefficient (Wildman–Crippen LogP) is 1.79. The molecule has 112 valence electrons. The van der Waals surface area contributed by atoms with Crippen molar-refractivity contribution >= 4 is 11.9 Å². The number of nitrogens with zero attached hydrogens (tertiary/aromatic N) is 2. The molecular formula is C14H22N2O4. The summed E-state index contributed by atoms with van der Waals surface area (Å²) in [7, 11) is 1.84. The van der Waals surface area contributed by atoms with E-state index in [1.165, 1.54) is 0 Å². The number of hydrogen-bond donors (Lipinski definition) is 1. The Morgan fingerprint density at radius 1 is 1.40 bits per heavy atom. The molecule has 1 aromatic rings. The molecule has 1 aromatic heterocycles. The van der Waals surface area contributed by atoms with Crippen LogP contribution in [0.1, 0.15) is 38.9 Å². The molecule has 0 saturated carbocycles. The van der Waals surface area contributed by atoms with E-state index < -0.39 is 17.4 Å². The highest BCUT2D eigenvalue weighted by Gasteiger charge is 2.46. The van der Waals surface area contributed by atoms with E-state index in [1.54, 1.807) is 19.3 Å². The topological polar surface area (TPSA) is 81.4 Å². The Hall–Kier alpha value is -1.85. The molecule has 1 heterocycles. The number of aromatic nitrogens is 2. The molecule has 1 rings (SSSR count). The van der Waals surface area contributed by atoms with Crippen LogP contribution in [0.2, 0.25) is 0 Å². The molecular weight excluding hydrogens is 260 g/mol. The molecule has 0 fully saturated rings. The number of carboxylic acid groups (broad SMARTS) is 1. The van der Waals surface area contributed by atoms with Gasteiger partial charge in [0.2, 0.25) is 0 Å². The fraction of sp³-hybridized carbons (Fsp3) is 0.643. The molecule has 1 atom stereocenters. The first-order valence-corrected chi connectivity index (χ1v) is 6.84. The third-order valence-corrected chi connectivity index (χ3v) is 3.45. The van der Waals surface area contributed by atoms with Crippen LogP contribution >= 0.6 is 0 Å². The Morgan fingerprint density at radius 3 is 2.55 bits per heavy atom. The van der Waals surface area contributed by atoms with Gasteiger partial charge in [0, 0.05) is 25.9 Å². The van der Waals surface area contributed by atoms with Gasteiger partial charge >= 0.3 is 11.9 Å². The lowest BCUT2D eigenvalue weighted by Gasteiger charge is -2.26. The van der Waals surface area contributed by atoms with Gasteiger partial charge in [0.15, 0.2) is 5.41 Å². The van der Waals surface area contributed by atoms with E-state index in [0.29, 0.717) is 12.8 Å².